The normalized spacial score (nSPS) is 18.0. The molecule has 1 amide bonds. The zero-order chi connectivity index (χ0) is 23.2. The van der Waals surface area contributed by atoms with Crippen molar-refractivity contribution in [3.05, 3.63) is 92.4 Å². The second-order valence-electron chi connectivity index (χ2n) is 7.68. The average molecular weight is 511 g/mol. The summed E-state index contributed by atoms with van der Waals surface area (Å²) in [7, 11) is 0. The number of nitrogens with zero attached hydrogens (tertiary/aromatic N) is 3. The molecule has 0 unspecified atom stereocenters. The van der Waals surface area contributed by atoms with E-state index in [0.717, 1.165) is 5.56 Å². The first-order valence-corrected chi connectivity index (χ1v) is 12.1. The second-order valence-corrected chi connectivity index (χ2v) is 9.46. The second kappa shape index (κ2) is 8.54. The third-order valence-corrected chi connectivity index (χ3v) is 7.22. The maximum absolute atomic E-state index is 13.3. The molecule has 3 aliphatic rings. The van der Waals surface area contributed by atoms with Gasteiger partial charge in [-0.1, -0.05) is 71.4 Å². The average Bonchev–Trinajstić information content (AvgIpc) is 3.29. The van der Waals surface area contributed by atoms with Crippen molar-refractivity contribution in [2.75, 3.05) is 6.79 Å². The molecule has 0 spiro atoms. The van der Waals surface area contributed by atoms with E-state index in [1.165, 1.54) is 11.8 Å². The molecule has 0 aliphatic carbocycles. The van der Waals surface area contributed by atoms with Crippen LogP contribution in [0.15, 0.2) is 70.8 Å². The topological polar surface area (TPSA) is 75.5 Å². The molecule has 7 nitrogen and oxygen atoms in total. The molecule has 6 rings (SSSR count). The molecule has 1 atom stereocenters. The van der Waals surface area contributed by atoms with Crippen LogP contribution in [0.4, 0.5) is 0 Å². The molecule has 0 aromatic heterocycles. The molecule has 3 heterocycles. The number of amides is 1. The summed E-state index contributed by atoms with van der Waals surface area (Å²) in [5.41, 5.74) is 2.02. The molecular formula is C24H16Cl2N4O3S. The minimum absolute atomic E-state index is 0.129. The lowest BCUT2D eigenvalue weighted by Crippen LogP contribution is -2.50. The molecular weight excluding hydrogens is 495 g/mol. The summed E-state index contributed by atoms with van der Waals surface area (Å²) in [5, 5.41) is 12.2. The summed E-state index contributed by atoms with van der Waals surface area (Å²) in [4.78, 5) is 18.2. The van der Waals surface area contributed by atoms with Crippen LogP contribution in [0.1, 0.15) is 17.3 Å². The van der Waals surface area contributed by atoms with Crippen molar-refractivity contribution in [1.29, 1.82) is 0 Å². The van der Waals surface area contributed by atoms with E-state index in [1.807, 2.05) is 48.5 Å². The Morgan fingerprint density at radius 1 is 1.03 bits per heavy atom. The number of benzene rings is 3. The molecule has 0 bridgehead atoms. The number of carbonyl (C=O) groups excluding carboxylic acids is 1. The van der Waals surface area contributed by atoms with Crippen molar-refractivity contribution in [1.82, 2.24) is 10.3 Å². The monoisotopic (exact) mass is 510 g/mol. The highest BCUT2D eigenvalue weighted by atomic mass is 35.5. The van der Waals surface area contributed by atoms with Crippen molar-refractivity contribution < 1.29 is 14.3 Å². The highest BCUT2D eigenvalue weighted by molar-refractivity contribution is 8.13. The summed E-state index contributed by atoms with van der Waals surface area (Å²) in [5.74, 6) is 1.44. The Hall–Kier alpha value is -3.20. The summed E-state index contributed by atoms with van der Waals surface area (Å²) in [6.45, 7) is 0.129. The fourth-order valence-electron chi connectivity index (χ4n) is 3.99. The Bertz CT molecular complexity index is 1490. The summed E-state index contributed by atoms with van der Waals surface area (Å²) in [6.07, 6.45) is -0.658. The Morgan fingerprint density at radius 3 is 2.65 bits per heavy atom. The van der Waals surface area contributed by atoms with E-state index in [1.54, 1.807) is 17.1 Å². The molecule has 3 aliphatic heterocycles. The number of rotatable bonds is 3. The van der Waals surface area contributed by atoms with Gasteiger partial charge in [-0.2, -0.15) is 0 Å². The van der Waals surface area contributed by atoms with E-state index < -0.39 is 6.17 Å². The van der Waals surface area contributed by atoms with E-state index >= 15 is 0 Å². The van der Waals surface area contributed by atoms with Crippen molar-refractivity contribution in [3.63, 3.8) is 0 Å². The van der Waals surface area contributed by atoms with E-state index in [4.69, 9.17) is 42.8 Å². The van der Waals surface area contributed by atoms with Crippen LogP contribution in [0, 0.1) is 0 Å². The van der Waals surface area contributed by atoms with Gasteiger partial charge in [0.25, 0.3) is 5.91 Å². The van der Waals surface area contributed by atoms with Gasteiger partial charge in [0, 0.05) is 27.6 Å². The Kier molecular flexibility index (Phi) is 5.36. The molecule has 0 radical (unpaired) electrons. The lowest BCUT2D eigenvalue weighted by Gasteiger charge is -2.34. The van der Waals surface area contributed by atoms with Gasteiger partial charge in [0.05, 0.1) is 10.4 Å². The number of fused-ring (bicyclic) bond motifs is 3. The summed E-state index contributed by atoms with van der Waals surface area (Å²) in [6, 6.07) is 18.6. The standard InChI is InChI=1S/C24H16Cl2N4O3S/c25-16-7-3-1-5-13(16)11-34-24-28-23(31)21-14-6-2-4-8-18(14)27-22(30(21)29-24)15-9-19-20(10-17(15)26)33-12-32-19/h1-10,22H,11-12H2,(H,28,29,31)/t22-/m0/s1. The zero-order valence-electron chi connectivity index (χ0n) is 17.5. The maximum atomic E-state index is 13.3. The number of hydrogen-bond donors (Lipinski definition) is 1. The van der Waals surface area contributed by atoms with E-state index in [-0.39, 0.29) is 12.7 Å². The molecule has 170 valence electrons. The number of ether oxygens (including phenoxy) is 2. The Labute approximate surface area is 208 Å². The highest BCUT2D eigenvalue weighted by Gasteiger charge is 2.36. The number of para-hydroxylation sites is 1. The van der Waals surface area contributed by atoms with Gasteiger partial charge < -0.3 is 9.47 Å². The van der Waals surface area contributed by atoms with E-state index in [0.29, 0.717) is 54.3 Å². The lowest BCUT2D eigenvalue weighted by atomic mass is 10.1. The van der Waals surface area contributed by atoms with Gasteiger partial charge in [-0.25, -0.2) is 5.01 Å². The SMILES string of the molecule is O=C1NC(SCc2ccccc2Cl)=NN2C1=c1ccccc1=N[C@@H]2c1cc2c(cc1Cl)OCO2. The molecule has 0 saturated carbocycles. The van der Waals surface area contributed by atoms with Crippen LogP contribution >= 0.6 is 35.0 Å². The fraction of sp³-hybridized carbons (Fsp3) is 0.125. The maximum Gasteiger partial charge on any atom is 0.276 e. The first kappa shape index (κ1) is 21.3. The van der Waals surface area contributed by atoms with E-state index in [9.17, 15) is 4.79 Å². The third kappa shape index (κ3) is 3.68. The molecule has 10 heteroatoms. The number of hydrazone groups is 1. The summed E-state index contributed by atoms with van der Waals surface area (Å²) < 4.78 is 11.0. The number of halogens is 2. The molecule has 34 heavy (non-hydrogen) atoms. The van der Waals surface area contributed by atoms with Crippen molar-refractivity contribution >= 4 is 51.7 Å². The van der Waals surface area contributed by atoms with Crippen LogP contribution in [0.25, 0.3) is 5.70 Å². The van der Waals surface area contributed by atoms with Gasteiger partial charge in [-0.05, 0) is 23.8 Å². The number of hydrogen-bond acceptors (Lipinski definition) is 7. The number of amidine groups is 1. The number of carbonyl (C=O) groups is 1. The predicted molar refractivity (Wildman–Crippen MR) is 131 cm³/mol. The Morgan fingerprint density at radius 2 is 1.79 bits per heavy atom. The molecule has 1 N–H and O–H groups in total. The van der Waals surface area contributed by atoms with Gasteiger partial charge in [-0.3, -0.25) is 15.1 Å². The predicted octanol–water partition coefficient (Wildman–Crippen LogP) is 3.80. The van der Waals surface area contributed by atoms with Crippen LogP contribution < -0.4 is 25.4 Å². The minimum Gasteiger partial charge on any atom is -0.454 e. The van der Waals surface area contributed by atoms with Crippen molar-refractivity contribution in [2.24, 2.45) is 10.1 Å². The van der Waals surface area contributed by atoms with Gasteiger partial charge in [0.2, 0.25) is 6.79 Å². The molecule has 3 aromatic carbocycles. The van der Waals surface area contributed by atoms with Crippen LogP contribution in [0.2, 0.25) is 10.0 Å². The van der Waals surface area contributed by atoms with Gasteiger partial charge >= 0.3 is 0 Å². The van der Waals surface area contributed by atoms with E-state index in [2.05, 4.69) is 5.32 Å². The third-order valence-electron chi connectivity index (χ3n) is 5.61. The number of nitrogens with one attached hydrogen (secondary N) is 1. The lowest BCUT2D eigenvalue weighted by molar-refractivity contribution is -0.116. The minimum atomic E-state index is -0.658. The van der Waals surface area contributed by atoms with Crippen molar-refractivity contribution in [3.8, 4) is 11.5 Å². The largest absolute Gasteiger partial charge is 0.454 e. The van der Waals surface area contributed by atoms with Crippen LogP contribution in [-0.2, 0) is 10.5 Å². The quantitative estimate of drug-likeness (QED) is 0.579. The Balaban J connectivity index is 1.44. The number of thioether (sulfide) groups is 1. The molecule has 3 aromatic rings. The molecule has 0 fully saturated rings. The van der Waals surface area contributed by atoms with Crippen LogP contribution in [0.3, 0.4) is 0 Å². The highest BCUT2D eigenvalue weighted by Crippen LogP contribution is 2.42. The summed E-state index contributed by atoms with van der Waals surface area (Å²) >= 11 is 14.3. The van der Waals surface area contributed by atoms with Crippen molar-refractivity contribution in [2.45, 2.75) is 11.9 Å². The zero-order valence-corrected chi connectivity index (χ0v) is 19.8. The van der Waals surface area contributed by atoms with Gasteiger partial charge in [0.15, 0.2) is 22.8 Å². The smallest absolute Gasteiger partial charge is 0.276 e. The fourth-order valence-corrected chi connectivity index (χ4v) is 5.37. The van der Waals surface area contributed by atoms with Crippen LogP contribution in [-0.4, -0.2) is 22.9 Å². The van der Waals surface area contributed by atoms with Gasteiger partial charge in [-0.15, -0.1) is 5.10 Å². The molecule has 0 saturated heterocycles. The first-order valence-electron chi connectivity index (χ1n) is 10.4. The van der Waals surface area contributed by atoms with Gasteiger partial charge in [0.1, 0.15) is 5.70 Å². The first-order chi connectivity index (χ1) is 16.6. The van der Waals surface area contributed by atoms with Crippen LogP contribution in [0.5, 0.6) is 11.5 Å².